The van der Waals surface area contributed by atoms with Gasteiger partial charge in [0, 0.05) is 24.7 Å². The number of amides is 1. The third-order valence-electron chi connectivity index (χ3n) is 3.77. The third-order valence-corrected chi connectivity index (χ3v) is 3.77. The number of rotatable bonds is 9. The van der Waals surface area contributed by atoms with Gasteiger partial charge >= 0.3 is 5.97 Å². The van der Waals surface area contributed by atoms with E-state index in [0.717, 1.165) is 18.4 Å². The Bertz CT molecular complexity index is 741. The summed E-state index contributed by atoms with van der Waals surface area (Å²) in [6.45, 7) is 5.49. The summed E-state index contributed by atoms with van der Waals surface area (Å²) in [7, 11) is 0. The molecule has 2 rings (SSSR count). The summed E-state index contributed by atoms with van der Waals surface area (Å²) in [4.78, 5) is 29.9. The molecule has 0 fully saturated rings. The molecule has 0 aliphatic carbocycles. The topological polar surface area (TPSA) is 79.7 Å². The fourth-order valence-corrected chi connectivity index (χ4v) is 2.58. The Morgan fingerprint density at radius 1 is 1.08 bits per heavy atom. The molecule has 1 N–H and O–H groups in total. The van der Waals surface area contributed by atoms with E-state index in [4.69, 9.17) is 4.74 Å². The van der Waals surface area contributed by atoms with Gasteiger partial charge in [-0.15, -0.1) is 0 Å². The first-order chi connectivity index (χ1) is 12.5. The summed E-state index contributed by atoms with van der Waals surface area (Å²) >= 11 is 0. The lowest BCUT2D eigenvalue weighted by Gasteiger charge is -2.21. The number of carboxylic acids is 1. The zero-order valence-corrected chi connectivity index (χ0v) is 15.1. The SMILES string of the molecule is CCCN(CCC)C(=O)c1cc(OCc2ccccc2)nc(C(=O)O)c1. The van der Waals surface area contributed by atoms with E-state index in [1.165, 1.54) is 12.1 Å². The minimum absolute atomic E-state index is 0.130. The normalized spacial score (nSPS) is 10.4. The van der Waals surface area contributed by atoms with E-state index in [1.54, 1.807) is 4.90 Å². The Kier molecular flexibility index (Phi) is 7.14. The molecular formula is C20H24N2O4. The second kappa shape index (κ2) is 9.56. The zero-order chi connectivity index (χ0) is 18.9. The number of carboxylic acid groups (broad SMARTS) is 1. The first-order valence-corrected chi connectivity index (χ1v) is 8.76. The van der Waals surface area contributed by atoms with Crippen LogP contribution >= 0.6 is 0 Å². The van der Waals surface area contributed by atoms with Crippen molar-refractivity contribution in [2.75, 3.05) is 13.1 Å². The molecule has 1 amide bonds. The van der Waals surface area contributed by atoms with Crippen LogP contribution in [0.1, 0.15) is 53.1 Å². The molecule has 0 aliphatic rings. The van der Waals surface area contributed by atoms with E-state index in [2.05, 4.69) is 4.98 Å². The molecule has 2 aromatic rings. The Morgan fingerprint density at radius 3 is 2.31 bits per heavy atom. The number of aromatic carboxylic acids is 1. The summed E-state index contributed by atoms with van der Waals surface area (Å²) < 4.78 is 5.63. The van der Waals surface area contributed by atoms with E-state index in [1.807, 2.05) is 44.2 Å². The molecule has 6 heteroatoms. The summed E-state index contributed by atoms with van der Waals surface area (Å²) in [5.41, 5.74) is 1.01. The van der Waals surface area contributed by atoms with Crippen LogP contribution < -0.4 is 4.74 Å². The van der Waals surface area contributed by atoms with Crippen LogP contribution in [-0.4, -0.2) is 40.0 Å². The molecule has 0 aliphatic heterocycles. The van der Waals surface area contributed by atoms with Crippen LogP contribution in [-0.2, 0) is 6.61 Å². The van der Waals surface area contributed by atoms with Gasteiger partial charge in [0.05, 0.1) is 0 Å². The zero-order valence-electron chi connectivity index (χ0n) is 15.1. The molecule has 0 saturated carbocycles. The number of pyridine rings is 1. The average molecular weight is 356 g/mol. The minimum atomic E-state index is -1.19. The minimum Gasteiger partial charge on any atom is -0.477 e. The molecule has 0 radical (unpaired) electrons. The fourth-order valence-electron chi connectivity index (χ4n) is 2.58. The van der Waals surface area contributed by atoms with Crippen molar-refractivity contribution >= 4 is 11.9 Å². The highest BCUT2D eigenvalue weighted by atomic mass is 16.5. The number of carbonyl (C=O) groups is 2. The lowest BCUT2D eigenvalue weighted by molar-refractivity contribution is 0.0689. The van der Waals surface area contributed by atoms with Gasteiger partial charge in [-0.1, -0.05) is 44.2 Å². The van der Waals surface area contributed by atoms with Gasteiger partial charge in [0.15, 0.2) is 5.69 Å². The van der Waals surface area contributed by atoms with Crippen molar-refractivity contribution in [3.05, 3.63) is 59.3 Å². The standard InChI is InChI=1S/C20H24N2O4/c1-3-10-22(11-4-2)19(23)16-12-17(20(24)25)21-18(13-16)26-14-15-8-6-5-7-9-15/h5-9,12-13H,3-4,10-11,14H2,1-2H3,(H,24,25). The van der Waals surface area contributed by atoms with Gasteiger partial charge < -0.3 is 14.7 Å². The van der Waals surface area contributed by atoms with Gasteiger partial charge in [-0.05, 0) is 24.5 Å². The molecular weight excluding hydrogens is 332 g/mol. The monoisotopic (exact) mass is 356 g/mol. The van der Waals surface area contributed by atoms with Gasteiger partial charge in [0.2, 0.25) is 5.88 Å². The van der Waals surface area contributed by atoms with Crippen LogP contribution in [0, 0.1) is 0 Å². The highest BCUT2D eigenvalue weighted by molar-refractivity contribution is 5.97. The summed E-state index contributed by atoms with van der Waals surface area (Å²) in [6, 6.07) is 12.3. The number of benzene rings is 1. The Balaban J connectivity index is 2.26. The maximum absolute atomic E-state index is 12.8. The van der Waals surface area contributed by atoms with Crippen molar-refractivity contribution < 1.29 is 19.4 Å². The smallest absolute Gasteiger partial charge is 0.354 e. The molecule has 0 bridgehead atoms. The average Bonchev–Trinajstić information content (AvgIpc) is 2.66. The highest BCUT2D eigenvalue weighted by Crippen LogP contribution is 2.17. The van der Waals surface area contributed by atoms with Crippen molar-refractivity contribution in [1.82, 2.24) is 9.88 Å². The van der Waals surface area contributed by atoms with Crippen molar-refractivity contribution in [3.63, 3.8) is 0 Å². The molecule has 1 heterocycles. The first-order valence-electron chi connectivity index (χ1n) is 8.76. The van der Waals surface area contributed by atoms with Crippen LogP contribution in [0.4, 0.5) is 0 Å². The van der Waals surface area contributed by atoms with Crippen LogP contribution in [0.2, 0.25) is 0 Å². The quantitative estimate of drug-likeness (QED) is 0.742. The van der Waals surface area contributed by atoms with Gasteiger partial charge in [-0.25, -0.2) is 9.78 Å². The van der Waals surface area contributed by atoms with Gasteiger partial charge in [0.1, 0.15) is 6.61 Å². The number of aromatic nitrogens is 1. The maximum atomic E-state index is 12.8. The van der Waals surface area contributed by atoms with Gasteiger partial charge in [-0.2, -0.15) is 0 Å². The molecule has 0 unspecified atom stereocenters. The van der Waals surface area contributed by atoms with Crippen molar-refractivity contribution in [3.8, 4) is 5.88 Å². The van der Waals surface area contributed by atoms with Crippen molar-refractivity contribution in [2.45, 2.75) is 33.3 Å². The van der Waals surface area contributed by atoms with Crippen LogP contribution in [0.3, 0.4) is 0 Å². The Morgan fingerprint density at radius 2 is 1.73 bits per heavy atom. The van der Waals surface area contributed by atoms with Gasteiger partial charge in [0.25, 0.3) is 5.91 Å². The number of nitrogens with zero attached hydrogens (tertiary/aromatic N) is 2. The lowest BCUT2D eigenvalue weighted by Crippen LogP contribution is -2.32. The molecule has 1 aromatic carbocycles. The van der Waals surface area contributed by atoms with Crippen LogP contribution in [0.15, 0.2) is 42.5 Å². The molecule has 0 atom stereocenters. The van der Waals surface area contributed by atoms with E-state index in [-0.39, 0.29) is 29.7 Å². The summed E-state index contributed by atoms with van der Waals surface area (Å²) in [5, 5.41) is 9.30. The number of hydrogen-bond donors (Lipinski definition) is 1. The summed E-state index contributed by atoms with van der Waals surface area (Å²) in [5.74, 6) is -1.27. The predicted octanol–water partition coefficient (Wildman–Crippen LogP) is 3.62. The van der Waals surface area contributed by atoms with E-state index < -0.39 is 5.97 Å². The second-order valence-electron chi connectivity index (χ2n) is 5.95. The van der Waals surface area contributed by atoms with E-state index in [0.29, 0.717) is 13.1 Å². The molecule has 138 valence electrons. The summed E-state index contributed by atoms with van der Waals surface area (Å²) in [6.07, 6.45) is 1.67. The predicted molar refractivity (Wildman–Crippen MR) is 98.5 cm³/mol. The van der Waals surface area contributed by atoms with Gasteiger partial charge in [-0.3, -0.25) is 4.79 Å². The first kappa shape index (κ1) is 19.4. The molecule has 0 spiro atoms. The van der Waals surface area contributed by atoms with Crippen molar-refractivity contribution in [1.29, 1.82) is 0 Å². The maximum Gasteiger partial charge on any atom is 0.354 e. The molecule has 0 saturated heterocycles. The second-order valence-corrected chi connectivity index (χ2v) is 5.95. The van der Waals surface area contributed by atoms with E-state index >= 15 is 0 Å². The van der Waals surface area contributed by atoms with Crippen molar-refractivity contribution in [2.24, 2.45) is 0 Å². The third kappa shape index (κ3) is 5.31. The number of hydrogen-bond acceptors (Lipinski definition) is 4. The number of ether oxygens (including phenoxy) is 1. The molecule has 1 aromatic heterocycles. The molecule has 26 heavy (non-hydrogen) atoms. The fraction of sp³-hybridized carbons (Fsp3) is 0.350. The number of carbonyl (C=O) groups excluding carboxylic acids is 1. The van der Waals surface area contributed by atoms with Crippen LogP contribution in [0.5, 0.6) is 5.88 Å². The van der Waals surface area contributed by atoms with Crippen LogP contribution in [0.25, 0.3) is 0 Å². The highest BCUT2D eigenvalue weighted by Gasteiger charge is 2.19. The molecule has 6 nitrogen and oxygen atoms in total. The largest absolute Gasteiger partial charge is 0.477 e. The Labute approximate surface area is 153 Å². The lowest BCUT2D eigenvalue weighted by atomic mass is 10.2. The Hall–Kier alpha value is -2.89. The van der Waals surface area contributed by atoms with E-state index in [9.17, 15) is 14.7 Å².